The SMILES string of the molecule is Cc1cscc1NC(C)c1occc1C. The second-order valence-corrected chi connectivity index (χ2v) is 4.55. The van der Waals surface area contributed by atoms with Crippen LogP contribution in [0.1, 0.15) is 29.9 Å². The van der Waals surface area contributed by atoms with Crippen molar-refractivity contribution in [3.63, 3.8) is 0 Å². The van der Waals surface area contributed by atoms with Crippen molar-refractivity contribution in [3.05, 3.63) is 40.0 Å². The Labute approximate surface area is 93.9 Å². The third-order valence-corrected chi connectivity index (χ3v) is 3.38. The number of nitrogens with one attached hydrogen (secondary N) is 1. The highest BCUT2D eigenvalue weighted by Gasteiger charge is 2.12. The normalized spacial score (nSPS) is 12.7. The Morgan fingerprint density at radius 2 is 2.07 bits per heavy atom. The minimum atomic E-state index is 0.216. The summed E-state index contributed by atoms with van der Waals surface area (Å²) in [5.41, 5.74) is 3.68. The Bertz CT molecular complexity index is 444. The molecule has 0 aliphatic carbocycles. The molecule has 3 heteroatoms. The van der Waals surface area contributed by atoms with E-state index in [4.69, 9.17) is 4.42 Å². The van der Waals surface area contributed by atoms with E-state index in [-0.39, 0.29) is 6.04 Å². The molecule has 1 atom stereocenters. The molecule has 0 aliphatic rings. The predicted molar refractivity (Wildman–Crippen MR) is 64.5 cm³/mol. The molecule has 1 unspecified atom stereocenters. The highest BCUT2D eigenvalue weighted by Crippen LogP contribution is 2.26. The Balaban J connectivity index is 2.14. The molecule has 0 radical (unpaired) electrons. The van der Waals surface area contributed by atoms with Crippen LogP contribution in [0.15, 0.2) is 27.5 Å². The minimum absolute atomic E-state index is 0.216. The quantitative estimate of drug-likeness (QED) is 0.843. The summed E-state index contributed by atoms with van der Waals surface area (Å²) in [5.74, 6) is 1.01. The number of hydrogen-bond donors (Lipinski definition) is 1. The summed E-state index contributed by atoms with van der Waals surface area (Å²) in [6.07, 6.45) is 1.74. The lowest BCUT2D eigenvalue weighted by molar-refractivity contribution is 0.487. The molecule has 15 heavy (non-hydrogen) atoms. The van der Waals surface area contributed by atoms with Crippen LogP contribution < -0.4 is 5.32 Å². The molecule has 0 bridgehead atoms. The fourth-order valence-electron chi connectivity index (χ4n) is 1.64. The number of anilines is 1. The summed E-state index contributed by atoms with van der Waals surface area (Å²) >= 11 is 1.72. The Hall–Kier alpha value is -1.22. The van der Waals surface area contributed by atoms with Gasteiger partial charge in [-0.25, -0.2) is 0 Å². The lowest BCUT2D eigenvalue weighted by Crippen LogP contribution is -2.06. The summed E-state index contributed by atoms with van der Waals surface area (Å²) < 4.78 is 5.46. The molecule has 2 nitrogen and oxygen atoms in total. The standard InChI is InChI=1S/C12H15NOS/c1-8-4-5-14-12(8)10(3)13-11-7-15-6-9(11)2/h4-7,10,13H,1-3H3. The molecule has 0 aliphatic heterocycles. The van der Waals surface area contributed by atoms with Gasteiger partial charge in [0.25, 0.3) is 0 Å². The van der Waals surface area contributed by atoms with Crippen LogP contribution in [-0.2, 0) is 0 Å². The van der Waals surface area contributed by atoms with Gasteiger partial charge in [0.05, 0.1) is 12.3 Å². The van der Waals surface area contributed by atoms with Crippen molar-refractivity contribution >= 4 is 17.0 Å². The summed E-state index contributed by atoms with van der Waals surface area (Å²) in [4.78, 5) is 0. The van der Waals surface area contributed by atoms with Gasteiger partial charge in [0.2, 0.25) is 0 Å². The van der Waals surface area contributed by atoms with E-state index < -0.39 is 0 Å². The van der Waals surface area contributed by atoms with Gasteiger partial charge in [0, 0.05) is 11.1 Å². The van der Waals surface area contributed by atoms with E-state index >= 15 is 0 Å². The molecule has 0 fully saturated rings. The molecule has 0 spiro atoms. The van der Waals surface area contributed by atoms with Crippen LogP contribution in [0.3, 0.4) is 0 Å². The summed E-state index contributed by atoms with van der Waals surface area (Å²) in [6.45, 7) is 6.29. The van der Waals surface area contributed by atoms with E-state index in [9.17, 15) is 0 Å². The van der Waals surface area contributed by atoms with Crippen LogP contribution in [0.25, 0.3) is 0 Å². The van der Waals surface area contributed by atoms with Crippen molar-refractivity contribution in [3.8, 4) is 0 Å². The first-order valence-electron chi connectivity index (χ1n) is 5.02. The first kappa shape index (κ1) is 10.3. The number of rotatable bonds is 3. The lowest BCUT2D eigenvalue weighted by Gasteiger charge is -2.13. The van der Waals surface area contributed by atoms with Crippen molar-refractivity contribution in [1.82, 2.24) is 0 Å². The largest absolute Gasteiger partial charge is 0.467 e. The maximum Gasteiger partial charge on any atom is 0.128 e. The fraction of sp³-hybridized carbons (Fsp3) is 0.333. The molecule has 80 valence electrons. The predicted octanol–water partition coefficient (Wildman–Crippen LogP) is 4.13. The summed E-state index contributed by atoms with van der Waals surface area (Å²) in [6, 6.07) is 2.21. The van der Waals surface area contributed by atoms with Gasteiger partial charge >= 0.3 is 0 Å². The molecule has 0 saturated carbocycles. The second kappa shape index (κ2) is 4.11. The molecule has 0 saturated heterocycles. The highest BCUT2D eigenvalue weighted by molar-refractivity contribution is 7.08. The highest BCUT2D eigenvalue weighted by atomic mass is 32.1. The molecule has 2 heterocycles. The van der Waals surface area contributed by atoms with Gasteiger partial charge < -0.3 is 9.73 Å². The van der Waals surface area contributed by atoms with Crippen LogP contribution in [-0.4, -0.2) is 0 Å². The molecule has 1 N–H and O–H groups in total. The zero-order valence-corrected chi connectivity index (χ0v) is 10.0. The maximum absolute atomic E-state index is 5.46. The minimum Gasteiger partial charge on any atom is -0.467 e. The molecule has 2 rings (SSSR count). The van der Waals surface area contributed by atoms with Crippen molar-refractivity contribution in [2.45, 2.75) is 26.8 Å². The lowest BCUT2D eigenvalue weighted by atomic mass is 10.1. The second-order valence-electron chi connectivity index (χ2n) is 3.80. The van der Waals surface area contributed by atoms with Gasteiger partial charge in [0.15, 0.2) is 0 Å². The van der Waals surface area contributed by atoms with E-state index in [0.29, 0.717) is 0 Å². The molecule has 2 aromatic heterocycles. The van der Waals surface area contributed by atoms with E-state index in [2.05, 4.69) is 36.8 Å². The molecular weight excluding hydrogens is 206 g/mol. The van der Waals surface area contributed by atoms with Crippen LogP contribution >= 0.6 is 11.3 Å². The third kappa shape index (κ3) is 2.07. The average Bonchev–Trinajstić information content (AvgIpc) is 2.76. The van der Waals surface area contributed by atoms with Crippen molar-refractivity contribution in [1.29, 1.82) is 0 Å². The average molecular weight is 221 g/mol. The topological polar surface area (TPSA) is 25.2 Å². The first-order chi connectivity index (χ1) is 7.18. The zero-order chi connectivity index (χ0) is 10.8. The van der Waals surface area contributed by atoms with Gasteiger partial charge in [0.1, 0.15) is 5.76 Å². The number of aryl methyl sites for hydroxylation is 2. The van der Waals surface area contributed by atoms with E-state index in [1.54, 1.807) is 17.6 Å². The number of furan rings is 1. The first-order valence-corrected chi connectivity index (χ1v) is 5.96. The summed E-state index contributed by atoms with van der Waals surface area (Å²) in [7, 11) is 0. The third-order valence-electron chi connectivity index (χ3n) is 2.52. The smallest absolute Gasteiger partial charge is 0.128 e. The molecular formula is C12H15NOS. The van der Waals surface area contributed by atoms with Gasteiger partial charge in [-0.2, -0.15) is 0 Å². The van der Waals surface area contributed by atoms with Crippen LogP contribution in [0.2, 0.25) is 0 Å². The van der Waals surface area contributed by atoms with Crippen LogP contribution in [0.5, 0.6) is 0 Å². The van der Waals surface area contributed by atoms with Gasteiger partial charge in [-0.1, -0.05) is 0 Å². The Morgan fingerprint density at radius 1 is 1.27 bits per heavy atom. The van der Waals surface area contributed by atoms with Crippen LogP contribution in [0.4, 0.5) is 5.69 Å². The summed E-state index contributed by atoms with van der Waals surface area (Å²) in [5, 5.41) is 7.72. The fourth-order valence-corrected chi connectivity index (χ4v) is 2.42. The van der Waals surface area contributed by atoms with Crippen molar-refractivity contribution < 1.29 is 4.42 Å². The van der Waals surface area contributed by atoms with Crippen molar-refractivity contribution in [2.24, 2.45) is 0 Å². The van der Waals surface area contributed by atoms with E-state index in [1.807, 2.05) is 6.07 Å². The van der Waals surface area contributed by atoms with Gasteiger partial charge in [-0.15, -0.1) is 11.3 Å². The Morgan fingerprint density at radius 3 is 2.60 bits per heavy atom. The monoisotopic (exact) mass is 221 g/mol. The molecule has 0 aromatic carbocycles. The number of hydrogen-bond acceptors (Lipinski definition) is 3. The maximum atomic E-state index is 5.46. The van der Waals surface area contributed by atoms with E-state index in [0.717, 1.165) is 5.76 Å². The molecule has 0 amide bonds. The molecule has 2 aromatic rings. The number of thiophene rings is 1. The van der Waals surface area contributed by atoms with E-state index in [1.165, 1.54) is 16.8 Å². The zero-order valence-electron chi connectivity index (χ0n) is 9.20. The van der Waals surface area contributed by atoms with Crippen molar-refractivity contribution in [2.75, 3.05) is 5.32 Å². The van der Waals surface area contributed by atoms with Crippen LogP contribution in [0, 0.1) is 13.8 Å². The van der Waals surface area contributed by atoms with Gasteiger partial charge in [-0.05, 0) is 43.3 Å². The van der Waals surface area contributed by atoms with Gasteiger partial charge in [-0.3, -0.25) is 0 Å². The Kier molecular flexibility index (Phi) is 2.82.